The Morgan fingerprint density at radius 3 is 2.81 bits per heavy atom. The van der Waals surface area contributed by atoms with Crippen LogP contribution >= 0.6 is 23.4 Å². The molecule has 1 heterocycles. The van der Waals surface area contributed by atoms with E-state index in [0.29, 0.717) is 10.2 Å². The molecule has 0 saturated heterocycles. The molecule has 7 heteroatoms. The normalized spacial score (nSPS) is 13.9. The summed E-state index contributed by atoms with van der Waals surface area (Å²) in [6.07, 6.45) is 0.788. The van der Waals surface area contributed by atoms with Crippen molar-refractivity contribution in [2.24, 2.45) is 5.73 Å². The Morgan fingerprint density at radius 1 is 1.43 bits per heavy atom. The van der Waals surface area contributed by atoms with Gasteiger partial charge in [0.25, 0.3) is 5.56 Å². The van der Waals surface area contributed by atoms with E-state index in [1.165, 1.54) is 17.8 Å². The fourth-order valence-electron chi connectivity index (χ4n) is 1.93. The maximum atomic E-state index is 11.5. The van der Waals surface area contributed by atoms with Crippen molar-refractivity contribution in [1.82, 2.24) is 9.97 Å². The SMILES string of the molecule is CCC(N)C(Sc1nc(N)cc(=O)[nH]1)c1cccc(Cl)c1. The van der Waals surface area contributed by atoms with Gasteiger partial charge in [0, 0.05) is 17.1 Å². The predicted molar refractivity (Wildman–Crippen MR) is 87.6 cm³/mol. The van der Waals surface area contributed by atoms with Gasteiger partial charge in [-0.25, -0.2) is 4.98 Å². The topological polar surface area (TPSA) is 97.8 Å². The zero-order valence-corrected chi connectivity index (χ0v) is 13.1. The number of thioether (sulfide) groups is 1. The summed E-state index contributed by atoms with van der Waals surface area (Å²) >= 11 is 7.43. The summed E-state index contributed by atoms with van der Waals surface area (Å²) in [7, 11) is 0. The van der Waals surface area contributed by atoms with Crippen molar-refractivity contribution in [1.29, 1.82) is 0 Å². The van der Waals surface area contributed by atoms with Crippen molar-refractivity contribution in [2.45, 2.75) is 29.8 Å². The minimum absolute atomic E-state index is 0.0707. The molecule has 0 aliphatic rings. The fraction of sp³-hybridized carbons (Fsp3) is 0.286. The number of aromatic nitrogens is 2. The maximum absolute atomic E-state index is 11.5. The monoisotopic (exact) mass is 324 g/mol. The van der Waals surface area contributed by atoms with Crippen molar-refractivity contribution >= 4 is 29.2 Å². The standard InChI is InChI=1S/C14H17ClN4OS/c1-2-10(16)13(8-4-3-5-9(15)6-8)21-14-18-11(17)7-12(20)19-14/h3-7,10,13H,2,16H2,1H3,(H3,17,18,19,20). The lowest BCUT2D eigenvalue weighted by Gasteiger charge is -2.22. The minimum atomic E-state index is -0.278. The lowest BCUT2D eigenvalue weighted by Crippen LogP contribution is -2.26. The van der Waals surface area contributed by atoms with Crippen molar-refractivity contribution in [2.75, 3.05) is 5.73 Å². The van der Waals surface area contributed by atoms with Gasteiger partial charge in [0.2, 0.25) is 0 Å². The molecule has 5 N–H and O–H groups in total. The highest BCUT2D eigenvalue weighted by Crippen LogP contribution is 2.37. The van der Waals surface area contributed by atoms with Crippen LogP contribution < -0.4 is 17.0 Å². The molecule has 21 heavy (non-hydrogen) atoms. The molecule has 0 spiro atoms. The molecule has 5 nitrogen and oxygen atoms in total. The molecule has 2 aromatic rings. The van der Waals surface area contributed by atoms with Crippen molar-refractivity contribution in [3.05, 3.63) is 51.3 Å². The summed E-state index contributed by atoms with van der Waals surface area (Å²) in [4.78, 5) is 18.3. The molecular weight excluding hydrogens is 308 g/mol. The lowest BCUT2D eigenvalue weighted by atomic mass is 10.0. The number of H-pyrrole nitrogens is 1. The van der Waals surface area contributed by atoms with Crippen molar-refractivity contribution < 1.29 is 0 Å². The van der Waals surface area contributed by atoms with Gasteiger partial charge in [-0.1, -0.05) is 42.4 Å². The Balaban J connectivity index is 2.35. The molecule has 0 radical (unpaired) electrons. The number of anilines is 1. The van der Waals surface area contributed by atoms with Gasteiger partial charge >= 0.3 is 0 Å². The van der Waals surface area contributed by atoms with Crippen molar-refractivity contribution in [3.63, 3.8) is 0 Å². The third kappa shape index (κ3) is 4.23. The average Bonchev–Trinajstić information content (AvgIpc) is 2.43. The lowest BCUT2D eigenvalue weighted by molar-refractivity contribution is 0.632. The Hall–Kier alpha value is -1.50. The maximum Gasteiger partial charge on any atom is 0.253 e. The molecule has 1 aromatic carbocycles. The molecule has 0 aliphatic carbocycles. The van der Waals surface area contributed by atoms with E-state index in [1.54, 1.807) is 0 Å². The van der Waals surface area contributed by atoms with Crippen LogP contribution in [0.4, 0.5) is 5.82 Å². The molecule has 2 atom stereocenters. The second-order valence-corrected chi connectivity index (χ2v) is 6.21. The molecule has 0 amide bonds. The molecule has 112 valence electrons. The van der Waals surface area contributed by atoms with Crippen LogP contribution in [0, 0.1) is 0 Å². The van der Waals surface area contributed by atoms with Crippen LogP contribution in [0.25, 0.3) is 0 Å². The first-order valence-corrected chi connectivity index (χ1v) is 7.80. The van der Waals surface area contributed by atoms with Gasteiger partial charge < -0.3 is 16.5 Å². The van der Waals surface area contributed by atoms with Crippen LogP contribution in [0.3, 0.4) is 0 Å². The first-order valence-electron chi connectivity index (χ1n) is 6.54. The largest absolute Gasteiger partial charge is 0.383 e. The predicted octanol–water partition coefficient (Wildman–Crippen LogP) is 2.58. The summed E-state index contributed by atoms with van der Waals surface area (Å²) < 4.78 is 0. The van der Waals surface area contributed by atoms with Crippen molar-refractivity contribution in [3.8, 4) is 0 Å². The molecule has 0 saturated carbocycles. The van der Waals surface area contributed by atoms with E-state index in [9.17, 15) is 4.79 Å². The molecule has 2 rings (SSSR count). The van der Waals surface area contributed by atoms with Gasteiger partial charge in [-0.05, 0) is 24.1 Å². The molecular formula is C14H17ClN4OS. The Labute approximate surface area is 132 Å². The molecule has 2 unspecified atom stereocenters. The zero-order chi connectivity index (χ0) is 15.4. The molecule has 0 fully saturated rings. The number of hydrogen-bond acceptors (Lipinski definition) is 5. The Bertz CT molecular complexity index is 676. The highest BCUT2D eigenvalue weighted by molar-refractivity contribution is 7.99. The Kier molecular flexibility index (Phi) is 5.27. The third-order valence-electron chi connectivity index (χ3n) is 3.02. The van der Waals surface area contributed by atoms with Gasteiger partial charge in [0.05, 0.1) is 5.25 Å². The van der Waals surface area contributed by atoms with Crippen LogP contribution in [0.2, 0.25) is 5.02 Å². The number of benzene rings is 1. The van der Waals surface area contributed by atoms with E-state index >= 15 is 0 Å². The number of nitrogen functional groups attached to an aromatic ring is 1. The number of rotatable bonds is 5. The second-order valence-electron chi connectivity index (χ2n) is 4.64. The average molecular weight is 325 g/mol. The fourth-order valence-corrected chi connectivity index (χ4v) is 3.34. The summed E-state index contributed by atoms with van der Waals surface area (Å²) in [5.74, 6) is 0.191. The van der Waals surface area contributed by atoms with Gasteiger partial charge in [0.15, 0.2) is 5.16 Å². The van der Waals surface area contributed by atoms with Gasteiger partial charge in [-0.15, -0.1) is 0 Å². The van der Waals surface area contributed by atoms with E-state index in [1.807, 2.05) is 31.2 Å². The zero-order valence-electron chi connectivity index (χ0n) is 11.5. The van der Waals surface area contributed by atoms with E-state index in [4.69, 9.17) is 23.1 Å². The Morgan fingerprint density at radius 2 is 2.19 bits per heavy atom. The first-order chi connectivity index (χ1) is 9.99. The van der Waals surface area contributed by atoms with E-state index < -0.39 is 0 Å². The summed E-state index contributed by atoms with van der Waals surface area (Å²) in [6.45, 7) is 2.01. The number of nitrogens with zero attached hydrogens (tertiary/aromatic N) is 1. The quantitative estimate of drug-likeness (QED) is 0.580. The molecule has 0 bridgehead atoms. The molecule has 1 aromatic heterocycles. The van der Waals surface area contributed by atoms with E-state index in [2.05, 4.69) is 9.97 Å². The van der Waals surface area contributed by atoms with E-state index in [0.717, 1.165) is 12.0 Å². The minimum Gasteiger partial charge on any atom is -0.383 e. The highest BCUT2D eigenvalue weighted by atomic mass is 35.5. The van der Waals surface area contributed by atoms with Crippen LogP contribution in [0.15, 0.2) is 40.3 Å². The van der Waals surface area contributed by atoms with Crippen LogP contribution in [0.5, 0.6) is 0 Å². The number of hydrogen-bond donors (Lipinski definition) is 3. The third-order valence-corrected chi connectivity index (χ3v) is 4.54. The smallest absolute Gasteiger partial charge is 0.253 e. The number of aromatic amines is 1. The second kappa shape index (κ2) is 6.98. The first kappa shape index (κ1) is 15.9. The number of halogens is 1. The van der Waals surface area contributed by atoms with Crippen LogP contribution in [-0.2, 0) is 0 Å². The van der Waals surface area contributed by atoms with Gasteiger partial charge in [-0.3, -0.25) is 4.79 Å². The van der Waals surface area contributed by atoms with Crippen LogP contribution in [0.1, 0.15) is 24.2 Å². The van der Waals surface area contributed by atoms with Gasteiger partial charge in [0.1, 0.15) is 5.82 Å². The summed E-state index contributed by atoms with van der Waals surface area (Å²) in [5, 5.41) is 1.03. The van der Waals surface area contributed by atoms with E-state index in [-0.39, 0.29) is 22.7 Å². The summed E-state index contributed by atoms with van der Waals surface area (Å²) in [6, 6.07) is 8.68. The molecule has 0 aliphatic heterocycles. The number of nitrogens with one attached hydrogen (secondary N) is 1. The number of nitrogens with two attached hydrogens (primary N) is 2. The van der Waals surface area contributed by atoms with Crippen LogP contribution in [-0.4, -0.2) is 16.0 Å². The summed E-state index contributed by atoms with van der Waals surface area (Å²) in [5.41, 5.74) is 12.5. The van der Waals surface area contributed by atoms with Gasteiger partial charge in [-0.2, -0.15) is 0 Å². The highest BCUT2D eigenvalue weighted by Gasteiger charge is 2.21.